The van der Waals surface area contributed by atoms with Crippen LogP contribution in [0.5, 0.6) is 0 Å². The van der Waals surface area contributed by atoms with Crippen LogP contribution in [-0.4, -0.2) is 90.0 Å². The molecule has 1 aliphatic carbocycles. The van der Waals surface area contributed by atoms with Gasteiger partial charge in [-0.15, -0.1) is 0 Å². The molecule has 0 spiro atoms. The molecule has 270 valence electrons. The number of benzene rings is 2. The van der Waals surface area contributed by atoms with Gasteiger partial charge in [-0.3, -0.25) is 19.3 Å². The number of hydrogen-bond acceptors (Lipinski definition) is 7. The van der Waals surface area contributed by atoms with Crippen LogP contribution < -0.4 is 16.0 Å². The number of aliphatic hydroxyl groups excluding tert-OH is 1. The average molecular weight is 697 g/mol. The summed E-state index contributed by atoms with van der Waals surface area (Å²) in [4.78, 5) is 43.3. The number of nitrogens with zero attached hydrogens (tertiary/aromatic N) is 1. The number of amides is 3. The van der Waals surface area contributed by atoms with Crippen LogP contribution in [0.15, 0.2) is 54.6 Å². The van der Waals surface area contributed by atoms with Crippen LogP contribution in [0.3, 0.4) is 0 Å². The Morgan fingerprint density at radius 1 is 0.918 bits per heavy atom. The van der Waals surface area contributed by atoms with E-state index in [2.05, 4.69) is 20.9 Å². The lowest BCUT2D eigenvalue weighted by molar-refractivity contribution is -0.133. The van der Waals surface area contributed by atoms with Crippen LogP contribution >= 0.6 is 0 Å². The first kappa shape index (κ1) is 38.5. The molecule has 6 atom stereocenters. The summed E-state index contributed by atoms with van der Waals surface area (Å²) in [6, 6.07) is 13.5. The highest BCUT2D eigenvalue weighted by atomic mass is 32.2. The number of sulfone groups is 1. The van der Waals surface area contributed by atoms with Crippen LogP contribution in [0.2, 0.25) is 0 Å². The Hall–Kier alpha value is -3.28. The van der Waals surface area contributed by atoms with Crippen LogP contribution in [-0.2, 0) is 25.8 Å². The smallest absolute Gasteiger partial charge is 0.251 e. The molecule has 1 heterocycles. The molecule has 1 aliphatic heterocycles. The lowest BCUT2D eigenvalue weighted by atomic mass is 9.72. The monoisotopic (exact) mass is 696 g/mol. The first-order valence-electron chi connectivity index (χ1n) is 17.5. The van der Waals surface area contributed by atoms with Crippen molar-refractivity contribution in [1.82, 2.24) is 20.9 Å². The molecule has 10 nitrogen and oxygen atoms in total. The highest BCUT2D eigenvalue weighted by Crippen LogP contribution is 2.39. The van der Waals surface area contributed by atoms with Gasteiger partial charge in [0.2, 0.25) is 11.8 Å². The van der Waals surface area contributed by atoms with Gasteiger partial charge in [0, 0.05) is 30.4 Å². The van der Waals surface area contributed by atoms with Crippen LogP contribution in [0.1, 0.15) is 88.2 Å². The number of aryl methyl sites for hydroxylation is 1. The van der Waals surface area contributed by atoms with Gasteiger partial charge >= 0.3 is 0 Å². The molecular weight excluding hydrogens is 641 g/mol. The zero-order chi connectivity index (χ0) is 36.1. The Bertz CT molecular complexity index is 1550. The van der Waals surface area contributed by atoms with Crippen LogP contribution in [0, 0.1) is 18.8 Å². The highest BCUT2D eigenvalue weighted by molar-refractivity contribution is 7.92. The number of nitrogens with one attached hydrogen (secondary N) is 3. The van der Waals surface area contributed by atoms with E-state index in [1.807, 2.05) is 58.0 Å². The fourth-order valence-corrected chi connectivity index (χ4v) is 7.69. The van der Waals surface area contributed by atoms with Crippen molar-refractivity contribution in [3.05, 3.63) is 71.3 Å². The predicted octanol–water partition coefficient (Wildman–Crippen LogP) is 3.80. The normalized spacial score (nSPS) is 22.2. The van der Waals surface area contributed by atoms with E-state index in [0.717, 1.165) is 43.1 Å². The van der Waals surface area contributed by atoms with Gasteiger partial charge in [-0.25, -0.2) is 8.42 Å². The Morgan fingerprint density at radius 3 is 2.12 bits per heavy atom. The number of aliphatic hydroxyl groups is 1. The molecule has 2 aromatic rings. The van der Waals surface area contributed by atoms with E-state index in [-0.39, 0.29) is 18.9 Å². The van der Waals surface area contributed by atoms with Crippen LogP contribution in [0.4, 0.5) is 0 Å². The van der Waals surface area contributed by atoms with E-state index >= 15 is 0 Å². The summed E-state index contributed by atoms with van der Waals surface area (Å²) in [7, 11) is -3.85. The first-order chi connectivity index (χ1) is 22.9. The van der Waals surface area contributed by atoms with E-state index in [1.54, 1.807) is 24.3 Å². The molecule has 4 rings (SSSR count). The molecule has 0 radical (unpaired) electrons. The van der Waals surface area contributed by atoms with Gasteiger partial charge in [0.15, 0.2) is 9.84 Å². The Labute approximate surface area is 292 Å². The predicted molar refractivity (Wildman–Crippen MR) is 193 cm³/mol. The van der Waals surface area contributed by atoms with E-state index in [4.69, 9.17) is 0 Å². The minimum atomic E-state index is -3.85. The third kappa shape index (κ3) is 10.1. The standard InChI is InChI=1S/C38H56N4O6S/c1-25-17-19-27(20-18-25)34(44)40-33(38(5,6)49(7,47)48)36(46)39-30(21-26-13-9-8-10-14-26)32(43)24-42-23-29-16-12-11-15-28(29)22-31(42)35(45)41-37(2,3)4/h8-10,13-14,17-20,28-33,43H,11-12,15-16,21-24H2,1-7H3,(H,39,46)(H,40,44)(H,41,45)/t28-,29+,30?,31?,32?,33+/m0/s1. The SMILES string of the molecule is Cc1ccc(C(=O)N[C@H](C(=O)NC(Cc2ccccc2)C(O)CN2C[C@H]3CCCC[C@H]3CC2C(=O)NC(C)(C)C)C(C)(C)S(C)(=O)=O)cc1. The summed E-state index contributed by atoms with van der Waals surface area (Å²) in [5.74, 6) is -0.488. The van der Waals surface area contributed by atoms with E-state index in [0.29, 0.717) is 30.4 Å². The largest absolute Gasteiger partial charge is 0.390 e. The zero-order valence-electron chi connectivity index (χ0n) is 30.2. The van der Waals surface area contributed by atoms with Crippen molar-refractivity contribution in [3.63, 3.8) is 0 Å². The van der Waals surface area contributed by atoms with Gasteiger partial charge in [0.05, 0.1) is 22.9 Å². The number of fused-ring (bicyclic) bond motifs is 1. The van der Waals surface area contributed by atoms with Gasteiger partial charge in [-0.05, 0) is 90.3 Å². The van der Waals surface area contributed by atoms with Gasteiger partial charge in [0.25, 0.3) is 5.91 Å². The molecule has 0 bridgehead atoms. The molecule has 49 heavy (non-hydrogen) atoms. The second-order valence-electron chi connectivity index (χ2n) is 15.8. The summed E-state index contributed by atoms with van der Waals surface area (Å²) in [5.41, 5.74) is 1.69. The minimum Gasteiger partial charge on any atom is -0.390 e. The summed E-state index contributed by atoms with van der Waals surface area (Å²) in [6.45, 7) is 11.4. The second kappa shape index (κ2) is 15.7. The van der Waals surface area contributed by atoms with E-state index < -0.39 is 56.2 Å². The van der Waals surface area contributed by atoms with Crippen molar-refractivity contribution in [2.24, 2.45) is 11.8 Å². The Kier molecular flexibility index (Phi) is 12.4. The summed E-state index contributed by atoms with van der Waals surface area (Å²) in [6.07, 6.45) is 5.39. The van der Waals surface area contributed by atoms with Gasteiger partial charge < -0.3 is 21.1 Å². The maximum absolute atomic E-state index is 14.2. The number of rotatable bonds is 12. The molecule has 2 aromatic carbocycles. The number of likely N-dealkylation sites (tertiary alicyclic amines) is 1. The molecule has 0 aromatic heterocycles. The second-order valence-corrected chi connectivity index (χ2v) is 18.4. The maximum atomic E-state index is 14.2. The van der Waals surface area contributed by atoms with Gasteiger partial charge in [-0.2, -0.15) is 0 Å². The number of piperidine rings is 1. The number of carbonyl (C=O) groups excluding carboxylic acids is 3. The molecule has 3 unspecified atom stereocenters. The minimum absolute atomic E-state index is 0.0684. The Balaban J connectivity index is 1.63. The first-order valence-corrected chi connectivity index (χ1v) is 19.4. The summed E-state index contributed by atoms with van der Waals surface area (Å²) < 4.78 is 24.4. The van der Waals surface area contributed by atoms with E-state index in [1.165, 1.54) is 13.8 Å². The van der Waals surface area contributed by atoms with Crippen molar-refractivity contribution < 1.29 is 27.9 Å². The fourth-order valence-electron chi connectivity index (χ4n) is 7.10. The van der Waals surface area contributed by atoms with Crippen molar-refractivity contribution in [3.8, 4) is 0 Å². The molecule has 2 aliphatic rings. The molecule has 2 fully saturated rings. The van der Waals surface area contributed by atoms with Crippen molar-refractivity contribution in [2.45, 2.75) is 115 Å². The maximum Gasteiger partial charge on any atom is 0.251 e. The number of carbonyl (C=O) groups is 3. The van der Waals surface area contributed by atoms with Gasteiger partial charge in [0.1, 0.15) is 6.04 Å². The van der Waals surface area contributed by atoms with Crippen LogP contribution in [0.25, 0.3) is 0 Å². The molecular formula is C38H56N4O6S. The molecule has 3 amide bonds. The topological polar surface area (TPSA) is 145 Å². The number of β-amino-alcohol motifs (C(OH)–C–C–N with tert-alkyl or cyclic N) is 1. The van der Waals surface area contributed by atoms with Crippen molar-refractivity contribution >= 4 is 27.6 Å². The van der Waals surface area contributed by atoms with Crippen molar-refractivity contribution in [2.75, 3.05) is 19.3 Å². The van der Waals surface area contributed by atoms with E-state index in [9.17, 15) is 27.9 Å². The molecule has 4 N–H and O–H groups in total. The lowest BCUT2D eigenvalue weighted by Gasteiger charge is -2.47. The van der Waals surface area contributed by atoms with Gasteiger partial charge in [-0.1, -0.05) is 67.3 Å². The quantitative estimate of drug-likeness (QED) is 0.264. The third-order valence-corrected chi connectivity index (χ3v) is 12.5. The number of hydrogen-bond donors (Lipinski definition) is 4. The Morgan fingerprint density at radius 2 is 1.53 bits per heavy atom. The molecule has 11 heteroatoms. The lowest BCUT2D eigenvalue weighted by Crippen LogP contribution is -2.64. The highest BCUT2D eigenvalue weighted by Gasteiger charge is 2.46. The average Bonchev–Trinajstić information content (AvgIpc) is 3.02. The molecule has 1 saturated heterocycles. The summed E-state index contributed by atoms with van der Waals surface area (Å²) in [5, 5.41) is 20.7. The summed E-state index contributed by atoms with van der Waals surface area (Å²) >= 11 is 0. The molecule has 1 saturated carbocycles. The third-order valence-electron chi connectivity index (χ3n) is 10.3. The fraction of sp³-hybridized carbons (Fsp3) is 0.605. The van der Waals surface area contributed by atoms with Crippen molar-refractivity contribution in [1.29, 1.82) is 0 Å². The zero-order valence-corrected chi connectivity index (χ0v) is 31.0.